The number of rotatable bonds is 4. The first kappa shape index (κ1) is 20.7. The monoisotopic (exact) mass is 368 g/mol. The van der Waals surface area contributed by atoms with Crippen molar-refractivity contribution >= 4 is 24.0 Å². The van der Waals surface area contributed by atoms with Gasteiger partial charge in [-0.2, -0.15) is 13.2 Å². The molecule has 3 nitrogen and oxygen atoms in total. The predicted molar refractivity (Wildman–Crippen MR) is 86.7 cm³/mol. The second-order valence-corrected chi connectivity index (χ2v) is 6.01. The molecule has 2 rings (SSSR count). The molecule has 0 aliphatic carbocycles. The van der Waals surface area contributed by atoms with Crippen molar-refractivity contribution in [2.45, 2.75) is 32.4 Å². The third kappa shape index (κ3) is 5.63. The Labute approximate surface area is 144 Å². The molecule has 2 N–H and O–H groups in total. The second kappa shape index (κ2) is 8.67. The summed E-state index contributed by atoms with van der Waals surface area (Å²) in [5, 5.41) is 5.50. The molecule has 1 atom stereocenters. The molecule has 0 radical (unpaired) electrons. The quantitative estimate of drug-likeness (QED) is 0.781. The standard InChI is InChI=1S/C16H20F4N2O.ClH/c1-10(11-4-6-21-7-5-11)8-15(23)22-14-9-12(16(18,19)20)2-3-13(14)17;/h2-3,9-11,21H,4-8H2,1H3,(H,22,23);1H. The van der Waals surface area contributed by atoms with E-state index in [1.54, 1.807) is 0 Å². The summed E-state index contributed by atoms with van der Waals surface area (Å²) in [6.07, 6.45) is -2.48. The van der Waals surface area contributed by atoms with Crippen LogP contribution >= 0.6 is 12.4 Å². The maximum Gasteiger partial charge on any atom is 0.416 e. The number of carbonyl (C=O) groups excluding carboxylic acids is 1. The van der Waals surface area contributed by atoms with Crippen LogP contribution in [0.1, 0.15) is 31.7 Å². The molecule has 1 aromatic rings. The summed E-state index contributed by atoms with van der Waals surface area (Å²) >= 11 is 0. The van der Waals surface area contributed by atoms with E-state index in [4.69, 9.17) is 0 Å². The van der Waals surface area contributed by atoms with Gasteiger partial charge in [0.1, 0.15) is 5.82 Å². The van der Waals surface area contributed by atoms with Gasteiger partial charge >= 0.3 is 6.18 Å². The lowest BCUT2D eigenvalue weighted by Gasteiger charge is -2.27. The molecule has 1 aliphatic rings. The van der Waals surface area contributed by atoms with E-state index in [1.807, 2.05) is 6.92 Å². The van der Waals surface area contributed by atoms with Crippen molar-refractivity contribution in [1.82, 2.24) is 5.32 Å². The zero-order valence-electron chi connectivity index (χ0n) is 13.3. The summed E-state index contributed by atoms with van der Waals surface area (Å²) in [5.41, 5.74) is -1.41. The summed E-state index contributed by atoms with van der Waals surface area (Å²) in [4.78, 5) is 12.0. The van der Waals surface area contributed by atoms with Crippen LogP contribution < -0.4 is 10.6 Å². The maximum absolute atomic E-state index is 13.6. The van der Waals surface area contributed by atoms with E-state index in [2.05, 4.69) is 10.6 Å². The van der Waals surface area contributed by atoms with Crippen molar-refractivity contribution in [3.63, 3.8) is 0 Å². The average Bonchev–Trinajstić information content (AvgIpc) is 2.49. The minimum absolute atomic E-state index is 0. The third-order valence-corrected chi connectivity index (χ3v) is 4.26. The molecule has 0 saturated carbocycles. The van der Waals surface area contributed by atoms with Gasteiger partial charge in [0, 0.05) is 6.42 Å². The molecule has 1 fully saturated rings. The van der Waals surface area contributed by atoms with Crippen molar-refractivity contribution in [3.05, 3.63) is 29.6 Å². The molecule has 0 aromatic heterocycles. The number of carbonyl (C=O) groups is 1. The van der Waals surface area contributed by atoms with Gasteiger partial charge in [-0.05, 0) is 56.0 Å². The first-order chi connectivity index (χ1) is 10.8. The van der Waals surface area contributed by atoms with E-state index in [0.29, 0.717) is 24.1 Å². The maximum atomic E-state index is 13.6. The van der Waals surface area contributed by atoms with Gasteiger partial charge in [-0.25, -0.2) is 4.39 Å². The number of nitrogens with one attached hydrogen (secondary N) is 2. The molecule has 1 saturated heterocycles. The molecule has 0 spiro atoms. The van der Waals surface area contributed by atoms with Crippen LogP contribution in [0.25, 0.3) is 0 Å². The molecule has 24 heavy (non-hydrogen) atoms. The van der Waals surface area contributed by atoms with Crippen molar-refractivity contribution in [2.75, 3.05) is 18.4 Å². The number of hydrogen-bond acceptors (Lipinski definition) is 2. The second-order valence-electron chi connectivity index (χ2n) is 6.01. The minimum Gasteiger partial charge on any atom is -0.324 e. The average molecular weight is 369 g/mol. The highest BCUT2D eigenvalue weighted by Gasteiger charge is 2.31. The van der Waals surface area contributed by atoms with Crippen molar-refractivity contribution in [3.8, 4) is 0 Å². The first-order valence-electron chi connectivity index (χ1n) is 7.64. The van der Waals surface area contributed by atoms with Gasteiger partial charge in [0.2, 0.25) is 5.91 Å². The molecular formula is C16H21ClF4N2O. The SMILES string of the molecule is CC(CC(=O)Nc1cc(C(F)(F)F)ccc1F)C1CCNCC1.Cl. The molecule has 1 amide bonds. The summed E-state index contributed by atoms with van der Waals surface area (Å²) in [6.45, 7) is 3.75. The number of halogens is 5. The number of hydrogen-bond donors (Lipinski definition) is 2. The highest BCUT2D eigenvalue weighted by Crippen LogP contribution is 2.32. The minimum atomic E-state index is -4.57. The highest BCUT2D eigenvalue weighted by atomic mass is 35.5. The fourth-order valence-electron chi connectivity index (χ4n) is 2.87. The van der Waals surface area contributed by atoms with Crippen LogP contribution in [0.3, 0.4) is 0 Å². The van der Waals surface area contributed by atoms with Crippen LogP contribution in [0.4, 0.5) is 23.2 Å². The van der Waals surface area contributed by atoms with Crippen molar-refractivity contribution in [2.24, 2.45) is 11.8 Å². The van der Waals surface area contributed by atoms with E-state index < -0.39 is 29.2 Å². The topological polar surface area (TPSA) is 41.1 Å². The molecule has 1 aromatic carbocycles. The van der Waals surface area contributed by atoms with Crippen molar-refractivity contribution in [1.29, 1.82) is 0 Å². The van der Waals surface area contributed by atoms with Crippen LogP contribution in [0.2, 0.25) is 0 Å². The van der Waals surface area contributed by atoms with Gasteiger partial charge in [0.05, 0.1) is 11.3 Å². The van der Waals surface area contributed by atoms with Crippen LogP contribution in [-0.4, -0.2) is 19.0 Å². The molecule has 136 valence electrons. The van der Waals surface area contributed by atoms with Crippen LogP contribution in [0.5, 0.6) is 0 Å². The number of anilines is 1. The smallest absolute Gasteiger partial charge is 0.324 e. The first-order valence-corrected chi connectivity index (χ1v) is 7.64. The Kier molecular flexibility index (Phi) is 7.48. The Hall–Kier alpha value is -1.34. The molecule has 1 aliphatic heterocycles. The predicted octanol–water partition coefficient (Wildman–Crippen LogP) is 4.23. The zero-order valence-corrected chi connectivity index (χ0v) is 14.1. The number of amides is 1. The van der Waals surface area contributed by atoms with E-state index in [1.165, 1.54) is 0 Å². The van der Waals surface area contributed by atoms with E-state index in [-0.39, 0.29) is 24.7 Å². The Morgan fingerprint density at radius 1 is 1.33 bits per heavy atom. The summed E-state index contributed by atoms with van der Waals surface area (Å²) in [5.74, 6) is -0.838. The number of alkyl halides is 3. The number of benzene rings is 1. The van der Waals surface area contributed by atoms with Gasteiger partial charge in [0.15, 0.2) is 0 Å². The Balaban J connectivity index is 0.00000288. The molecule has 8 heteroatoms. The van der Waals surface area contributed by atoms with Gasteiger partial charge in [0.25, 0.3) is 0 Å². The molecular weight excluding hydrogens is 348 g/mol. The van der Waals surface area contributed by atoms with Crippen LogP contribution in [0, 0.1) is 17.7 Å². The lowest BCUT2D eigenvalue weighted by atomic mass is 9.84. The number of piperidine rings is 1. The van der Waals surface area contributed by atoms with Gasteiger partial charge in [-0.1, -0.05) is 6.92 Å². The summed E-state index contributed by atoms with van der Waals surface area (Å²) < 4.78 is 51.6. The fraction of sp³-hybridized carbons (Fsp3) is 0.562. The van der Waals surface area contributed by atoms with E-state index in [0.717, 1.165) is 25.9 Å². The van der Waals surface area contributed by atoms with Gasteiger partial charge in [-0.15, -0.1) is 12.4 Å². The molecule has 1 heterocycles. The van der Waals surface area contributed by atoms with Crippen molar-refractivity contribution < 1.29 is 22.4 Å². The normalized spacial score (nSPS) is 17.0. The third-order valence-electron chi connectivity index (χ3n) is 4.26. The lowest BCUT2D eigenvalue weighted by Crippen LogP contribution is -2.32. The summed E-state index contributed by atoms with van der Waals surface area (Å²) in [7, 11) is 0. The zero-order chi connectivity index (χ0) is 17.0. The Morgan fingerprint density at radius 2 is 1.96 bits per heavy atom. The molecule has 1 unspecified atom stereocenters. The van der Waals surface area contributed by atoms with Crippen LogP contribution in [0.15, 0.2) is 18.2 Å². The molecule has 0 bridgehead atoms. The van der Waals surface area contributed by atoms with Gasteiger partial charge < -0.3 is 10.6 Å². The Bertz CT molecular complexity index is 559. The largest absolute Gasteiger partial charge is 0.416 e. The van der Waals surface area contributed by atoms with Gasteiger partial charge in [-0.3, -0.25) is 4.79 Å². The highest BCUT2D eigenvalue weighted by molar-refractivity contribution is 5.91. The Morgan fingerprint density at radius 3 is 2.54 bits per heavy atom. The fourth-order valence-corrected chi connectivity index (χ4v) is 2.87. The lowest BCUT2D eigenvalue weighted by molar-refractivity contribution is -0.137. The summed E-state index contributed by atoms with van der Waals surface area (Å²) in [6, 6.07) is 2.00. The van der Waals surface area contributed by atoms with Crippen LogP contribution in [-0.2, 0) is 11.0 Å². The van der Waals surface area contributed by atoms with E-state index >= 15 is 0 Å². The van der Waals surface area contributed by atoms with E-state index in [9.17, 15) is 22.4 Å².